The molecule has 2 aromatic rings. The van der Waals surface area contributed by atoms with Gasteiger partial charge in [0, 0.05) is 5.56 Å². The zero-order chi connectivity index (χ0) is 10.1. The number of halogens is 1. The van der Waals surface area contributed by atoms with Crippen molar-refractivity contribution in [3.63, 3.8) is 0 Å². The number of rotatable bonds is 2. The molecule has 3 nitrogen and oxygen atoms in total. The molecule has 2 rings (SSSR count). The third kappa shape index (κ3) is 1.63. The van der Waals surface area contributed by atoms with E-state index in [0.717, 1.165) is 11.1 Å². The molecule has 0 fully saturated rings. The second-order valence-corrected chi connectivity index (χ2v) is 3.84. The number of furan rings is 2. The summed E-state index contributed by atoms with van der Waals surface area (Å²) in [5.41, 5.74) is 1.64. The van der Waals surface area contributed by atoms with Crippen LogP contribution < -0.4 is 0 Å². The van der Waals surface area contributed by atoms with Gasteiger partial charge in [0.05, 0.1) is 12.5 Å². The van der Waals surface area contributed by atoms with Gasteiger partial charge in [0.2, 0.25) is 0 Å². The van der Waals surface area contributed by atoms with Crippen molar-refractivity contribution in [1.29, 1.82) is 0 Å². The molecule has 0 aliphatic heterocycles. The molecule has 0 spiro atoms. The molecule has 0 aromatic carbocycles. The van der Waals surface area contributed by atoms with E-state index in [1.807, 2.05) is 6.92 Å². The van der Waals surface area contributed by atoms with Gasteiger partial charge in [0.1, 0.15) is 11.9 Å². The van der Waals surface area contributed by atoms with Gasteiger partial charge in [-0.15, -0.1) is 0 Å². The molecule has 2 aromatic heterocycles. The van der Waals surface area contributed by atoms with Crippen LogP contribution in [0.3, 0.4) is 0 Å². The molecular weight excluding hydrogens is 248 g/mol. The third-order valence-electron chi connectivity index (χ3n) is 2.05. The third-order valence-corrected chi connectivity index (χ3v) is 2.48. The summed E-state index contributed by atoms with van der Waals surface area (Å²) in [6, 6.07) is 3.47. The number of aryl methyl sites for hydroxylation is 1. The Kier molecular flexibility index (Phi) is 2.48. The summed E-state index contributed by atoms with van der Waals surface area (Å²) in [6.07, 6.45) is 2.35. The summed E-state index contributed by atoms with van der Waals surface area (Å²) in [5, 5.41) is 9.90. The minimum absolute atomic E-state index is 0.501. The fourth-order valence-electron chi connectivity index (χ4n) is 1.28. The van der Waals surface area contributed by atoms with E-state index < -0.39 is 6.10 Å². The van der Waals surface area contributed by atoms with Crippen LogP contribution in [0.1, 0.15) is 23.0 Å². The van der Waals surface area contributed by atoms with Crippen LogP contribution >= 0.6 is 15.9 Å². The molecule has 1 unspecified atom stereocenters. The Morgan fingerprint density at radius 1 is 1.36 bits per heavy atom. The lowest BCUT2D eigenvalue weighted by atomic mass is 10.1. The van der Waals surface area contributed by atoms with Crippen LogP contribution in [0, 0.1) is 6.92 Å². The number of hydrogen-bond donors (Lipinski definition) is 1. The fraction of sp³-hybridized carbons (Fsp3) is 0.200. The first-order valence-corrected chi connectivity index (χ1v) is 4.94. The largest absolute Gasteiger partial charge is 0.472 e. The van der Waals surface area contributed by atoms with E-state index in [4.69, 9.17) is 8.83 Å². The van der Waals surface area contributed by atoms with Crippen molar-refractivity contribution in [1.82, 2.24) is 0 Å². The first-order chi connectivity index (χ1) is 6.68. The van der Waals surface area contributed by atoms with E-state index in [-0.39, 0.29) is 0 Å². The Bertz CT molecular complexity index is 430. The lowest BCUT2D eigenvalue weighted by molar-refractivity contribution is 0.186. The topological polar surface area (TPSA) is 46.5 Å². The molecule has 0 amide bonds. The predicted octanol–water partition coefficient (Wildman–Crippen LogP) is 3.03. The van der Waals surface area contributed by atoms with Gasteiger partial charge in [-0.25, -0.2) is 0 Å². The molecule has 4 heteroatoms. The van der Waals surface area contributed by atoms with Crippen LogP contribution in [-0.4, -0.2) is 5.11 Å². The van der Waals surface area contributed by atoms with Gasteiger partial charge in [-0.3, -0.25) is 0 Å². The summed E-state index contributed by atoms with van der Waals surface area (Å²) in [7, 11) is 0. The SMILES string of the molecule is Cc1cocc1C(O)c1ccc(Br)o1. The maximum absolute atomic E-state index is 9.90. The quantitative estimate of drug-likeness (QED) is 0.899. The average molecular weight is 257 g/mol. The van der Waals surface area contributed by atoms with Gasteiger partial charge >= 0.3 is 0 Å². The van der Waals surface area contributed by atoms with Crippen molar-refractivity contribution >= 4 is 15.9 Å². The molecule has 0 saturated heterocycles. The van der Waals surface area contributed by atoms with E-state index in [1.54, 1.807) is 18.4 Å². The molecule has 0 aliphatic carbocycles. The lowest BCUT2D eigenvalue weighted by Crippen LogP contribution is -1.97. The van der Waals surface area contributed by atoms with Crippen LogP contribution in [0.4, 0.5) is 0 Å². The van der Waals surface area contributed by atoms with E-state index in [1.165, 1.54) is 6.26 Å². The smallest absolute Gasteiger partial charge is 0.169 e. The minimum Gasteiger partial charge on any atom is -0.472 e. The summed E-state index contributed by atoms with van der Waals surface area (Å²) < 4.78 is 10.8. The molecule has 0 aliphatic rings. The van der Waals surface area contributed by atoms with Gasteiger partial charge in [0.15, 0.2) is 4.67 Å². The highest BCUT2D eigenvalue weighted by Crippen LogP contribution is 2.28. The fourth-order valence-corrected chi connectivity index (χ4v) is 1.60. The molecule has 0 saturated carbocycles. The second-order valence-electron chi connectivity index (χ2n) is 3.05. The Hall–Kier alpha value is -1.000. The highest BCUT2D eigenvalue weighted by molar-refractivity contribution is 9.10. The normalized spacial score (nSPS) is 13.1. The van der Waals surface area contributed by atoms with E-state index >= 15 is 0 Å². The van der Waals surface area contributed by atoms with Gasteiger partial charge < -0.3 is 13.9 Å². The zero-order valence-electron chi connectivity index (χ0n) is 7.53. The Morgan fingerprint density at radius 2 is 2.14 bits per heavy atom. The molecule has 74 valence electrons. The van der Waals surface area contributed by atoms with E-state index in [2.05, 4.69) is 15.9 Å². The standard InChI is InChI=1S/C10H9BrO3/c1-6-4-13-5-7(6)10(12)8-2-3-9(11)14-8/h2-5,10,12H,1H3. The van der Waals surface area contributed by atoms with Gasteiger partial charge in [-0.1, -0.05) is 0 Å². The first kappa shape index (κ1) is 9.55. The Morgan fingerprint density at radius 3 is 2.64 bits per heavy atom. The van der Waals surface area contributed by atoms with Crippen molar-refractivity contribution in [2.75, 3.05) is 0 Å². The predicted molar refractivity (Wildman–Crippen MR) is 53.9 cm³/mol. The van der Waals surface area contributed by atoms with E-state index in [9.17, 15) is 5.11 Å². The molecule has 1 N–H and O–H groups in total. The molecule has 2 heterocycles. The summed E-state index contributed by atoms with van der Waals surface area (Å²) in [5.74, 6) is 0.501. The molecule has 0 bridgehead atoms. The average Bonchev–Trinajstić information content (AvgIpc) is 2.73. The van der Waals surface area contributed by atoms with Crippen LogP contribution in [0.15, 0.2) is 38.2 Å². The number of aliphatic hydroxyl groups excluding tert-OH is 1. The van der Waals surface area contributed by atoms with Crippen molar-refractivity contribution in [3.05, 3.63) is 46.2 Å². The monoisotopic (exact) mass is 256 g/mol. The second kappa shape index (κ2) is 3.63. The van der Waals surface area contributed by atoms with Crippen LogP contribution in [-0.2, 0) is 0 Å². The van der Waals surface area contributed by atoms with Crippen molar-refractivity contribution in [2.45, 2.75) is 13.0 Å². The Labute approximate surface area is 89.5 Å². The number of hydrogen-bond acceptors (Lipinski definition) is 3. The zero-order valence-corrected chi connectivity index (χ0v) is 9.11. The molecule has 0 radical (unpaired) electrons. The molecule has 14 heavy (non-hydrogen) atoms. The lowest BCUT2D eigenvalue weighted by Gasteiger charge is -2.05. The highest BCUT2D eigenvalue weighted by atomic mass is 79.9. The van der Waals surface area contributed by atoms with Gasteiger partial charge in [-0.2, -0.15) is 0 Å². The van der Waals surface area contributed by atoms with Gasteiger partial charge in [0.25, 0.3) is 0 Å². The van der Waals surface area contributed by atoms with Crippen LogP contribution in [0.5, 0.6) is 0 Å². The molecule has 1 atom stereocenters. The van der Waals surface area contributed by atoms with Crippen LogP contribution in [0.25, 0.3) is 0 Å². The van der Waals surface area contributed by atoms with Crippen molar-refractivity contribution in [3.8, 4) is 0 Å². The minimum atomic E-state index is -0.764. The van der Waals surface area contributed by atoms with Crippen LogP contribution in [0.2, 0.25) is 0 Å². The Balaban J connectivity index is 2.33. The van der Waals surface area contributed by atoms with Crippen molar-refractivity contribution in [2.24, 2.45) is 0 Å². The summed E-state index contributed by atoms with van der Waals surface area (Å²) in [6.45, 7) is 1.88. The number of aliphatic hydroxyl groups is 1. The highest BCUT2D eigenvalue weighted by Gasteiger charge is 2.17. The maximum atomic E-state index is 9.90. The van der Waals surface area contributed by atoms with Crippen molar-refractivity contribution < 1.29 is 13.9 Å². The summed E-state index contributed by atoms with van der Waals surface area (Å²) in [4.78, 5) is 0. The van der Waals surface area contributed by atoms with Gasteiger partial charge in [-0.05, 0) is 40.5 Å². The van der Waals surface area contributed by atoms with E-state index in [0.29, 0.717) is 10.4 Å². The first-order valence-electron chi connectivity index (χ1n) is 4.14. The maximum Gasteiger partial charge on any atom is 0.169 e. The molecular formula is C10H9BrO3. The summed E-state index contributed by atoms with van der Waals surface area (Å²) >= 11 is 3.18.